The van der Waals surface area contributed by atoms with Gasteiger partial charge in [0.1, 0.15) is 5.82 Å². The number of nitrogens with one attached hydrogen (secondary N) is 1. The van der Waals surface area contributed by atoms with Crippen molar-refractivity contribution in [3.63, 3.8) is 0 Å². The number of nitrogens with zero attached hydrogens (tertiary/aromatic N) is 5. The normalized spacial score (nSPS) is 15.7. The van der Waals surface area contributed by atoms with Gasteiger partial charge in [-0.2, -0.15) is 4.98 Å². The molecule has 4 aromatic rings. The third-order valence-electron chi connectivity index (χ3n) is 7.11. The van der Waals surface area contributed by atoms with Gasteiger partial charge in [0, 0.05) is 37.6 Å². The van der Waals surface area contributed by atoms with Crippen LogP contribution in [0.3, 0.4) is 0 Å². The predicted molar refractivity (Wildman–Crippen MR) is 145 cm³/mol. The van der Waals surface area contributed by atoms with Crippen LogP contribution in [0.2, 0.25) is 0 Å². The first kappa shape index (κ1) is 26.4. The fourth-order valence-electron chi connectivity index (χ4n) is 4.88. The molecule has 0 bridgehead atoms. The average molecular weight is 531 g/mol. The number of benzene rings is 2. The Hall–Kier alpha value is -4.18. The summed E-state index contributed by atoms with van der Waals surface area (Å²) >= 11 is 0. The first-order valence-corrected chi connectivity index (χ1v) is 13.1. The van der Waals surface area contributed by atoms with Crippen LogP contribution >= 0.6 is 0 Å². The van der Waals surface area contributed by atoms with Crippen molar-refractivity contribution in [3.8, 4) is 22.9 Å². The van der Waals surface area contributed by atoms with Crippen molar-refractivity contribution in [1.82, 2.24) is 29.9 Å². The number of methoxy groups -OCH3 is 2. The molecule has 1 atom stereocenters. The SMILES string of the molecule is COc1ccc(-c2noc(CN3CCCC(C(=O)NCc4ccc(Cn5ccnc5C)cc4)C3)n2)cc1OC. The topological polar surface area (TPSA) is 108 Å². The van der Waals surface area contributed by atoms with Crippen molar-refractivity contribution in [2.45, 2.75) is 39.4 Å². The van der Waals surface area contributed by atoms with Gasteiger partial charge in [0.05, 0.1) is 26.7 Å². The second kappa shape index (κ2) is 12.1. The molecule has 10 heteroatoms. The molecule has 1 saturated heterocycles. The number of likely N-dealkylation sites (tertiary alicyclic amines) is 1. The number of piperidine rings is 1. The maximum Gasteiger partial charge on any atom is 0.241 e. The number of carbonyl (C=O) groups is 1. The van der Waals surface area contributed by atoms with Crippen molar-refractivity contribution in [1.29, 1.82) is 0 Å². The van der Waals surface area contributed by atoms with Crippen LogP contribution in [-0.2, 0) is 24.4 Å². The number of hydrogen-bond donors (Lipinski definition) is 1. The second-order valence-corrected chi connectivity index (χ2v) is 9.79. The standard InChI is InChI=1S/C29H34N6O4/c1-20-30-12-14-35(20)17-22-8-6-21(7-9-22)16-31-29(36)24-5-4-13-34(18-24)19-27-32-28(33-39-27)23-10-11-25(37-2)26(15-23)38-3/h6-12,14-15,24H,4-5,13,16-19H2,1-3H3,(H,31,36). The quantitative estimate of drug-likeness (QED) is 0.330. The molecule has 1 aliphatic rings. The summed E-state index contributed by atoms with van der Waals surface area (Å²) in [5.41, 5.74) is 3.06. The highest BCUT2D eigenvalue weighted by molar-refractivity contribution is 5.79. The molecule has 1 aliphatic heterocycles. The number of ether oxygens (including phenoxy) is 2. The lowest BCUT2D eigenvalue weighted by molar-refractivity contribution is -0.127. The van der Waals surface area contributed by atoms with Gasteiger partial charge in [-0.15, -0.1) is 0 Å². The van der Waals surface area contributed by atoms with E-state index in [1.54, 1.807) is 14.2 Å². The van der Waals surface area contributed by atoms with Crippen LogP contribution in [0.1, 0.15) is 35.7 Å². The summed E-state index contributed by atoms with van der Waals surface area (Å²) in [6, 6.07) is 13.8. The van der Waals surface area contributed by atoms with Gasteiger partial charge in [0.2, 0.25) is 17.6 Å². The zero-order valence-electron chi connectivity index (χ0n) is 22.6. The number of hydrogen-bond acceptors (Lipinski definition) is 8. The highest BCUT2D eigenvalue weighted by atomic mass is 16.5. The van der Waals surface area contributed by atoms with Crippen molar-refractivity contribution < 1.29 is 18.8 Å². The largest absolute Gasteiger partial charge is 0.493 e. The molecule has 0 radical (unpaired) electrons. The van der Waals surface area contributed by atoms with Gasteiger partial charge in [-0.1, -0.05) is 29.4 Å². The van der Waals surface area contributed by atoms with Gasteiger partial charge in [0.25, 0.3) is 0 Å². The third-order valence-corrected chi connectivity index (χ3v) is 7.11. The molecule has 2 aromatic carbocycles. The zero-order chi connectivity index (χ0) is 27.2. The zero-order valence-corrected chi connectivity index (χ0v) is 22.6. The summed E-state index contributed by atoms with van der Waals surface area (Å²) in [7, 11) is 3.19. The van der Waals surface area contributed by atoms with E-state index in [2.05, 4.69) is 54.2 Å². The molecule has 0 aliphatic carbocycles. The van der Waals surface area contributed by atoms with E-state index < -0.39 is 0 Å². The van der Waals surface area contributed by atoms with E-state index in [1.165, 1.54) is 5.56 Å². The van der Waals surface area contributed by atoms with Gasteiger partial charge in [-0.05, 0) is 55.6 Å². The van der Waals surface area contributed by atoms with Crippen LogP contribution in [0.5, 0.6) is 11.5 Å². The molecule has 39 heavy (non-hydrogen) atoms. The van der Waals surface area contributed by atoms with E-state index in [-0.39, 0.29) is 11.8 Å². The molecule has 5 rings (SSSR count). The molecular formula is C29H34N6O4. The Bertz CT molecular complexity index is 1400. The molecule has 1 amide bonds. The second-order valence-electron chi connectivity index (χ2n) is 9.79. The van der Waals surface area contributed by atoms with Gasteiger partial charge in [-0.3, -0.25) is 9.69 Å². The van der Waals surface area contributed by atoms with Crippen LogP contribution in [0.15, 0.2) is 59.4 Å². The summed E-state index contributed by atoms with van der Waals surface area (Å²) in [4.78, 5) is 24.0. The fraction of sp³-hybridized carbons (Fsp3) is 0.379. The monoisotopic (exact) mass is 530 g/mol. The molecule has 0 saturated carbocycles. The number of rotatable bonds is 10. The highest BCUT2D eigenvalue weighted by Gasteiger charge is 2.27. The van der Waals surface area contributed by atoms with E-state index in [1.807, 2.05) is 37.5 Å². The number of carbonyl (C=O) groups excluding carboxylic acids is 1. The van der Waals surface area contributed by atoms with Crippen molar-refractivity contribution >= 4 is 5.91 Å². The van der Waals surface area contributed by atoms with Crippen LogP contribution in [0.4, 0.5) is 0 Å². The van der Waals surface area contributed by atoms with E-state index in [9.17, 15) is 4.79 Å². The molecule has 10 nitrogen and oxygen atoms in total. The van der Waals surface area contributed by atoms with Crippen molar-refractivity contribution in [2.75, 3.05) is 27.3 Å². The Balaban J connectivity index is 1.12. The maximum absolute atomic E-state index is 13.0. The number of aryl methyl sites for hydroxylation is 1. The van der Waals surface area contributed by atoms with Crippen LogP contribution in [0.25, 0.3) is 11.4 Å². The summed E-state index contributed by atoms with van der Waals surface area (Å²) in [5.74, 6) is 3.25. The molecule has 1 N–H and O–H groups in total. The molecule has 1 fully saturated rings. The Morgan fingerprint density at radius 1 is 1.08 bits per heavy atom. The smallest absolute Gasteiger partial charge is 0.241 e. The number of imidazole rings is 1. The van der Waals surface area contributed by atoms with Crippen LogP contribution in [0, 0.1) is 12.8 Å². The summed E-state index contributed by atoms with van der Waals surface area (Å²) < 4.78 is 18.3. The molecule has 2 aromatic heterocycles. The first-order chi connectivity index (χ1) is 19.0. The minimum atomic E-state index is -0.0736. The van der Waals surface area contributed by atoms with Crippen molar-refractivity contribution in [3.05, 3.63) is 77.7 Å². The lowest BCUT2D eigenvalue weighted by Crippen LogP contribution is -2.42. The summed E-state index contributed by atoms with van der Waals surface area (Å²) in [5, 5.41) is 7.26. The van der Waals surface area contributed by atoms with Gasteiger partial charge in [-0.25, -0.2) is 4.98 Å². The van der Waals surface area contributed by atoms with E-state index in [0.717, 1.165) is 42.9 Å². The molecule has 1 unspecified atom stereocenters. The lowest BCUT2D eigenvalue weighted by atomic mass is 9.97. The predicted octanol–water partition coefficient (Wildman–Crippen LogP) is 3.84. The van der Waals surface area contributed by atoms with Crippen LogP contribution < -0.4 is 14.8 Å². The molecular weight excluding hydrogens is 496 g/mol. The average Bonchev–Trinajstić information content (AvgIpc) is 3.60. The Labute approximate surface area is 227 Å². The van der Waals surface area contributed by atoms with Gasteiger partial charge in [0.15, 0.2) is 11.5 Å². The van der Waals surface area contributed by atoms with Gasteiger partial charge < -0.3 is 23.9 Å². The lowest BCUT2D eigenvalue weighted by Gasteiger charge is -2.30. The van der Waals surface area contributed by atoms with Crippen molar-refractivity contribution in [2.24, 2.45) is 5.92 Å². The minimum absolute atomic E-state index is 0.0736. The number of amides is 1. The molecule has 0 spiro atoms. The van der Waals surface area contributed by atoms with Crippen LogP contribution in [-0.4, -0.2) is 57.8 Å². The number of aromatic nitrogens is 4. The van der Waals surface area contributed by atoms with Gasteiger partial charge >= 0.3 is 0 Å². The summed E-state index contributed by atoms with van der Waals surface area (Å²) in [6.45, 7) is 5.33. The third kappa shape index (κ3) is 6.46. The minimum Gasteiger partial charge on any atom is -0.493 e. The van der Waals surface area contributed by atoms with E-state index in [4.69, 9.17) is 14.0 Å². The molecule has 3 heterocycles. The highest BCUT2D eigenvalue weighted by Crippen LogP contribution is 2.31. The molecule has 204 valence electrons. The first-order valence-electron chi connectivity index (χ1n) is 13.1. The van der Waals surface area contributed by atoms with E-state index >= 15 is 0 Å². The van der Waals surface area contributed by atoms with E-state index in [0.29, 0.717) is 42.8 Å². The summed E-state index contributed by atoms with van der Waals surface area (Å²) in [6.07, 6.45) is 5.60. The Morgan fingerprint density at radius 2 is 1.87 bits per heavy atom. The Morgan fingerprint density at radius 3 is 2.62 bits per heavy atom. The fourth-order valence-corrected chi connectivity index (χ4v) is 4.88. The maximum atomic E-state index is 13.0. The Kier molecular flexibility index (Phi) is 8.21.